The molecule has 2 rings (SSSR count). The zero-order valence-electron chi connectivity index (χ0n) is 10.8. The molecule has 0 aliphatic carbocycles. The molecule has 2 heterocycles. The van der Waals surface area contributed by atoms with Gasteiger partial charge >= 0.3 is 0 Å². The highest BCUT2D eigenvalue weighted by molar-refractivity contribution is 5.93. The maximum Gasteiger partial charge on any atom is 0.249 e. The Bertz CT molecular complexity index is 400. The molecule has 0 spiro atoms. The normalized spacial score (nSPS) is 20.4. The topological polar surface area (TPSA) is 79.8 Å². The fourth-order valence-corrected chi connectivity index (χ4v) is 2.22. The number of hydrogen-bond acceptors (Lipinski definition) is 5. The number of nitrogens with one attached hydrogen (secondary N) is 2. The lowest BCUT2D eigenvalue weighted by Gasteiger charge is -2.35. The van der Waals surface area contributed by atoms with E-state index in [9.17, 15) is 4.79 Å². The number of aromatic nitrogens is 3. The van der Waals surface area contributed by atoms with Gasteiger partial charge in [-0.1, -0.05) is 13.8 Å². The molecule has 1 atom stereocenters. The molecule has 1 aliphatic heterocycles. The zero-order valence-corrected chi connectivity index (χ0v) is 10.8. The molecule has 0 saturated carbocycles. The van der Waals surface area contributed by atoms with Gasteiger partial charge in [0, 0.05) is 5.41 Å². The quantitative estimate of drug-likeness (QED) is 0.829. The second-order valence-electron chi connectivity index (χ2n) is 5.19. The van der Waals surface area contributed by atoms with Gasteiger partial charge in [-0.3, -0.25) is 10.1 Å². The van der Waals surface area contributed by atoms with Crippen molar-refractivity contribution in [2.75, 3.05) is 18.4 Å². The van der Waals surface area contributed by atoms with Crippen LogP contribution in [0.5, 0.6) is 0 Å². The highest BCUT2D eigenvalue weighted by Gasteiger charge is 2.37. The predicted octanol–water partition coefficient (Wildman–Crippen LogP) is 0.836. The van der Waals surface area contributed by atoms with Crippen LogP contribution in [-0.4, -0.2) is 34.2 Å². The third kappa shape index (κ3) is 2.81. The number of hydrogen-bond donors (Lipinski definition) is 2. The number of amides is 1. The first-order valence-electron chi connectivity index (χ1n) is 6.26. The lowest BCUT2D eigenvalue weighted by Crippen LogP contribution is -2.45. The van der Waals surface area contributed by atoms with Gasteiger partial charge in [-0.15, -0.1) is 5.10 Å². The average Bonchev–Trinajstić information content (AvgIpc) is 2.41. The number of nitrogens with zero attached hydrogens (tertiary/aromatic N) is 3. The van der Waals surface area contributed by atoms with Gasteiger partial charge in [0.25, 0.3) is 0 Å². The van der Waals surface area contributed by atoms with Crippen LogP contribution in [0.1, 0.15) is 26.7 Å². The van der Waals surface area contributed by atoms with E-state index in [1.165, 1.54) is 12.4 Å². The standard InChI is InChI=1S/C12H19N5O/c1-12(2,9-4-3-5-13-8-9)10(18)16-11-14-6-7-15-17-11/h6-7,9,13H,3-5,8H2,1-2H3,(H,14,16,17,18). The summed E-state index contributed by atoms with van der Waals surface area (Å²) in [6.45, 7) is 5.86. The lowest BCUT2D eigenvalue weighted by atomic mass is 9.74. The lowest BCUT2D eigenvalue weighted by molar-refractivity contribution is -0.127. The van der Waals surface area contributed by atoms with Crippen molar-refractivity contribution in [1.82, 2.24) is 20.5 Å². The van der Waals surface area contributed by atoms with Gasteiger partial charge in [0.1, 0.15) is 0 Å². The molecular weight excluding hydrogens is 230 g/mol. The predicted molar refractivity (Wildman–Crippen MR) is 67.8 cm³/mol. The van der Waals surface area contributed by atoms with Gasteiger partial charge in [-0.25, -0.2) is 4.98 Å². The summed E-state index contributed by atoms with van der Waals surface area (Å²) < 4.78 is 0. The summed E-state index contributed by atoms with van der Waals surface area (Å²) in [6, 6.07) is 0. The molecule has 0 aromatic carbocycles. The van der Waals surface area contributed by atoms with E-state index in [1.54, 1.807) is 0 Å². The van der Waals surface area contributed by atoms with Crippen molar-refractivity contribution < 1.29 is 4.79 Å². The molecule has 6 nitrogen and oxygen atoms in total. The molecule has 2 N–H and O–H groups in total. The van der Waals surface area contributed by atoms with Crippen LogP contribution in [0.25, 0.3) is 0 Å². The molecule has 1 aliphatic rings. The van der Waals surface area contributed by atoms with Gasteiger partial charge in [0.05, 0.1) is 12.4 Å². The van der Waals surface area contributed by atoms with E-state index in [0.717, 1.165) is 25.9 Å². The van der Waals surface area contributed by atoms with Gasteiger partial charge in [0.2, 0.25) is 11.9 Å². The monoisotopic (exact) mass is 249 g/mol. The van der Waals surface area contributed by atoms with Crippen molar-refractivity contribution in [2.24, 2.45) is 11.3 Å². The van der Waals surface area contributed by atoms with Gasteiger partial charge in [-0.2, -0.15) is 5.10 Å². The molecule has 1 amide bonds. The van der Waals surface area contributed by atoms with E-state index in [2.05, 4.69) is 25.8 Å². The van der Waals surface area contributed by atoms with Crippen molar-refractivity contribution >= 4 is 11.9 Å². The van der Waals surface area contributed by atoms with Crippen molar-refractivity contribution in [2.45, 2.75) is 26.7 Å². The largest absolute Gasteiger partial charge is 0.316 e. The Morgan fingerprint density at radius 2 is 2.33 bits per heavy atom. The van der Waals surface area contributed by atoms with Crippen LogP contribution in [0.3, 0.4) is 0 Å². The minimum Gasteiger partial charge on any atom is -0.316 e. The SMILES string of the molecule is CC(C)(C(=O)Nc1nccnn1)C1CCCNC1. The Hall–Kier alpha value is -1.56. The van der Waals surface area contributed by atoms with Crippen molar-refractivity contribution in [3.05, 3.63) is 12.4 Å². The summed E-state index contributed by atoms with van der Waals surface area (Å²) in [5, 5.41) is 13.5. The number of rotatable bonds is 3. The fraction of sp³-hybridized carbons (Fsp3) is 0.667. The number of anilines is 1. The highest BCUT2D eigenvalue weighted by Crippen LogP contribution is 2.32. The first-order chi connectivity index (χ1) is 8.60. The van der Waals surface area contributed by atoms with E-state index >= 15 is 0 Å². The highest BCUT2D eigenvalue weighted by atomic mass is 16.2. The molecular formula is C12H19N5O. The summed E-state index contributed by atoms with van der Waals surface area (Å²) >= 11 is 0. The maximum atomic E-state index is 12.3. The Kier molecular flexibility index (Phi) is 3.86. The number of carbonyl (C=O) groups is 1. The molecule has 1 aromatic rings. The summed E-state index contributed by atoms with van der Waals surface area (Å²) in [6.07, 6.45) is 5.18. The summed E-state index contributed by atoms with van der Waals surface area (Å²) in [4.78, 5) is 16.2. The second kappa shape index (κ2) is 5.39. The van der Waals surface area contributed by atoms with Gasteiger partial charge in [0.15, 0.2) is 0 Å². The molecule has 0 bridgehead atoms. The van der Waals surface area contributed by atoms with Crippen LogP contribution < -0.4 is 10.6 Å². The minimum atomic E-state index is -0.438. The Balaban J connectivity index is 2.02. The number of piperidine rings is 1. The molecule has 1 saturated heterocycles. The van der Waals surface area contributed by atoms with E-state index in [0.29, 0.717) is 5.92 Å². The molecule has 98 valence electrons. The van der Waals surface area contributed by atoms with Crippen LogP contribution >= 0.6 is 0 Å². The molecule has 18 heavy (non-hydrogen) atoms. The van der Waals surface area contributed by atoms with Crippen molar-refractivity contribution in [3.8, 4) is 0 Å². The number of carbonyl (C=O) groups excluding carboxylic acids is 1. The Morgan fingerprint density at radius 1 is 1.50 bits per heavy atom. The summed E-state index contributed by atoms with van der Waals surface area (Å²) in [7, 11) is 0. The van der Waals surface area contributed by atoms with Crippen LogP contribution in [0, 0.1) is 11.3 Å². The molecule has 1 unspecified atom stereocenters. The van der Waals surface area contributed by atoms with Gasteiger partial charge in [-0.05, 0) is 31.8 Å². The van der Waals surface area contributed by atoms with Crippen LogP contribution in [0.4, 0.5) is 5.95 Å². The Labute approximate surface area is 107 Å². The van der Waals surface area contributed by atoms with E-state index < -0.39 is 5.41 Å². The molecule has 1 fully saturated rings. The van der Waals surface area contributed by atoms with E-state index in [1.807, 2.05) is 13.8 Å². The third-order valence-corrected chi connectivity index (χ3v) is 3.61. The third-order valence-electron chi connectivity index (χ3n) is 3.61. The van der Waals surface area contributed by atoms with E-state index in [4.69, 9.17) is 0 Å². The van der Waals surface area contributed by atoms with Crippen molar-refractivity contribution in [3.63, 3.8) is 0 Å². The average molecular weight is 249 g/mol. The summed E-state index contributed by atoms with van der Waals surface area (Å²) in [5.41, 5.74) is -0.438. The zero-order chi connectivity index (χ0) is 13.0. The van der Waals surface area contributed by atoms with Crippen LogP contribution in [0.15, 0.2) is 12.4 Å². The molecule has 0 radical (unpaired) electrons. The van der Waals surface area contributed by atoms with Crippen LogP contribution in [0.2, 0.25) is 0 Å². The first-order valence-corrected chi connectivity index (χ1v) is 6.26. The Morgan fingerprint density at radius 3 is 2.94 bits per heavy atom. The van der Waals surface area contributed by atoms with Crippen molar-refractivity contribution in [1.29, 1.82) is 0 Å². The summed E-state index contributed by atoms with van der Waals surface area (Å²) in [5.74, 6) is 0.548. The fourth-order valence-electron chi connectivity index (χ4n) is 2.22. The van der Waals surface area contributed by atoms with Gasteiger partial charge < -0.3 is 5.32 Å². The first kappa shape index (κ1) is 12.9. The minimum absolute atomic E-state index is 0.0517. The van der Waals surface area contributed by atoms with Crippen LogP contribution in [-0.2, 0) is 4.79 Å². The molecule has 1 aromatic heterocycles. The molecule has 6 heteroatoms. The maximum absolute atomic E-state index is 12.3. The second-order valence-corrected chi connectivity index (χ2v) is 5.19. The van der Waals surface area contributed by atoms with E-state index in [-0.39, 0.29) is 11.9 Å². The smallest absolute Gasteiger partial charge is 0.249 e.